The Kier molecular flexibility index (Phi) is 3.21. The number of hydrogen-bond acceptors (Lipinski definition) is 4. The van der Waals surface area contributed by atoms with Gasteiger partial charge in [0.05, 0.1) is 17.4 Å². The summed E-state index contributed by atoms with van der Waals surface area (Å²) in [5.74, 6) is -0.560. The van der Waals surface area contributed by atoms with Crippen molar-refractivity contribution in [3.63, 3.8) is 0 Å². The van der Waals surface area contributed by atoms with E-state index in [1.807, 2.05) is 0 Å². The van der Waals surface area contributed by atoms with Crippen molar-refractivity contribution in [1.29, 1.82) is 0 Å². The number of sulfone groups is 1. The topological polar surface area (TPSA) is 83.5 Å². The second kappa shape index (κ2) is 4.33. The van der Waals surface area contributed by atoms with Crippen LogP contribution in [-0.2, 0) is 14.6 Å². The van der Waals surface area contributed by atoms with Gasteiger partial charge in [0.2, 0.25) is 0 Å². The highest BCUT2D eigenvalue weighted by Crippen LogP contribution is 2.29. The van der Waals surface area contributed by atoms with Gasteiger partial charge in [-0.25, -0.2) is 8.42 Å². The molecule has 0 aromatic carbocycles. The zero-order valence-electron chi connectivity index (χ0n) is 9.05. The van der Waals surface area contributed by atoms with Crippen molar-refractivity contribution >= 4 is 15.8 Å². The quantitative estimate of drug-likeness (QED) is 0.734. The molecule has 1 saturated carbocycles. The number of carboxylic acids is 1. The maximum Gasteiger partial charge on any atom is 0.308 e. The van der Waals surface area contributed by atoms with Gasteiger partial charge in [0.15, 0.2) is 0 Å². The van der Waals surface area contributed by atoms with Crippen LogP contribution in [0.3, 0.4) is 0 Å². The molecule has 16 heavy (non-hydrogen) atoms. The first-order chi connectivity index (χ1) is 7.48. The minimum Gasteiger partial charge on any atom is -0.481 e. The second-order valence-corrected chi connectivity index (χ2v) is 7.02. The molecule has 0 radical (unpaired) electrons. The van der Waals surface area contributed by atoms with Crippen molar-refractivity contribution in [2.45, 2.75) is 37.8 Å². The molecule has 1 saturated heterocycles. The maximum atomic E-state index is 11.2. The largest absolute Gasteiger partial charge is 0.481 e. The predicted octanol–water partition coefficient (Wildman–Crippen LogP) is 0.0164. The van der Waals surface area contributed by atoms with Crippen molar-refractivity contribution in [2.75, 3.05) is 11.5 Å². The molecule has 6 heteroatoms. The Morgan fingerprint density at radius 2 is 1.75 bits per heavy atom. The van der Waals surface area contributed by atoms with Crippen LogP contribution in [0.4, 0.5) is 0 Å². The second-order valence-electron chi connectivity index (χ2n) is 4.72. The van der Waals surface area contributed by atoms with Gasteiger partial charge in [0.25, 0.3) is 0 Å². The molecule has 2 rings (SSSR count). The summed E-state index contributed by atoms with van der Waals surface area (Å²) in [6, 6.07) is 0.221. The Balaban J connectivity index is 1.81. The van der Waals surface area contributed by atoms with E-state index < -0.39 is 15.8 Å². The molecule has 0 aromatic rings. The molecule has 2 aliphatic rings. The first kappa shape index (κ1) is 11.9. The van der Waals surface area contributed by atoms with E-state index in [-0.39, 0.29) is 29.5 Å². The van der Waals surface area contributed by atoms with Gasteiger partial charge in [-0.3, -0.25) is 4.79 Å². The van der Waals surface area contributed by atoms with Crippen LogP contribution in [0.5, 0.6) is 0 Å². The molecule has 2 atom stereocenters. The summed E-state index contributed by atoms with van der Waals surface area (Å²) in [5.41, 5.74) is 0. The minimum atomic E-state index is -2.83. The van der Waals surface area contributed by atoms with Crippen LogP contribution in [0.15, 0.2) is 0 Å². The van der Waals surface area contributed by atoms with E-state index in [2.05, 4.69) is 5.32 Å². The van der Waals surface area contributed by atoms with Gasteiger partial charge in [-0.1, -0.05) is 0 Å². The average Bonchev–Trinajstić information content (AvgIpc) is 2.13. The fourth-order valence-corrected chi connectivity index (χ4v) is 3.85. The molecule has 1 heterocycles. The lowest BCUT2D eigenvalue weighted by Gasteiger charge is -2.38. The summed E-state index contributed by atoms with van der Waals surface area (Å²) < 4.78 is 22.4. The Morgan fingerprint density at radius 1 is 1.12 bits per heavy atom. The number of nitrogens with one attached hydrogen (secondary N) is 1. The smallest absolute Gasteiger partial charge is 0.308 e. The van der Waals surface area contributed by atoms with Gasteiger partial charge in [-0.05, 0) is 25.7 Å². The average molecular weight is 247 g/mol. The third kappa shape index (κ3) is 2.55. The van der Waals surface area contributed by atoms with Crippen molar-refractivity contribution in [1.82, 2.24) is 5.32 Å². The third-order valence-electron chi connectivity index (χ3n) is 3.60. The molecule has 0 spiro atoms. The zero-order chi connectivity index (χ0) is 11.8. The highest BCUT2D eigenvalue weighted by molar-refractivity contribution is 7.91. The summed E-state index contributed by atoms with van der Waals surface area (Å²) in [4.78, 5) is 10.8. The molecule has 0 bridgehead atoms. The summed E-state index contributed by atoms with van der Waals surface area (Å²) in [6.07, 6.45) is 2.86. The molecule has 2 N–H and O–H groups in total. The fraction of sp³-hybridized carbons (Fsp3) is 0.900. The molecule has 0 amide bonds. The zero-order valence-corrected chi connectivity index (χ0v) is 9.87. The van der Waals surface area contributed by atoms with Crippen molar-refractivity contribution in [2.24, 2.45) is 5.92 Å². The van der Waals surface area contributed by atoms with Gasteiger partial charge >= 0.3 is 5.97 Å². The van der Waals surface area contributed by atoms with Gasteiger partial charge in [-0.15, -0.1) is 0 Å². The maximum absolute atomic E-state index is 11.2. The van der Waals surface area contributed by atoms with Crippen LogP contribution in [0.2, 0.25) is 0 Å². The van der Waals surface area contributed by atoms with E-state index in [0.29, 0.717) is 12.8 Å². The van der Waals surface area contributed by atoms with E-state index in [1.165, 1.54) is 0 Å². The Bertz CT molecular complexity index is 364. The lowest BCUT2D eigenvalue weighted by Crippen LogP contribution is -2.53. The highest BCUT2D eigenvalue weighted by atomic mass is 32.2. The van der Waals surface area contributed by atoms with Crippen LogP contribution in [0, 0.1) is 5.92 Å². The van der Waals surface area contributed by atoms with Crippen LogP contribution < -0.4 is 5.32 Å². The Labute approximate surface area is 95.1 Å². The summed E-state index contributed by atoms with van der Waals surface area (Å²) in [5, 5.41) is 12.2. The van der Waals surface area contributed by atoms with Crippen LogP contribution in [-0.4, -0.2) is 43.1 Å². The monoisotopic (exact) mass is 247 g/mol. The normalized spacial score (nSPS) is 34.2. The molecule has 0 aromatic heterocycles. The fourth-order valence-electron chi connectivity index (χ4n) is 2.35. The molecule has 5 nitrogen and oxygen atoms in total. The molecule has 1 aliphatic carbocycles. The number of carbonyl (C=O) groups is 1. The number of rotatable bonds is 3. The Morgan fingerprint density at radius 3 is 2.19 bits per heavy atom. The lowest BCUT2D eigenvalue weighted by molar-refractivity contribution is -0.146. The lowest BCUT2D eigenvalue weighted by atomic mass is 9.79. The van der Waals surface area contributed by atoms with E-state index in [9.17, 15) is 13.2 Å². The highest BCUT2D eigenvalue weighted by Gasteiger charge is 2.38. The molecule has 92 valence electrons. The SMILES string of the molecule is O=C(O)C1CCC1NC1CCS(=O)(=O)CC1. The number of aliphatic carboxylic acids is 1. The Hall–Kier alpha value is -0.620. The van der Waals surface area contributed by atoms with Crippen molar-refractivity contribution in [3.05, 3.63) is 0 Å². The molecule has 2 fully saturated rings. The standard InChI is InChI=1S/C10H17NO4S/c12-10(13)8-1-2-9(8)11-7-3-5-16(14,15)6-4-7/h7-9,11H,1-6H2,(H,12,13). The summed E-state index contributed by atoms with van der Waals surface area (Å²) in [7, 11) is -2.83. The first-order valence-corrected chi connectivity index (χ1v) is 7.49. The summed E-state index contributed by atoms with van der Waals surface area (Å²) >= 11 is 0. The summed E-state index contributed by atoms with van der Waals surface area (Å²) in [6.45, 7) is 0. The van der Waals surface area contributed by atoms with E-state index in [0.717, 1.165) is 12.8 Å². The van der Waals surface area contributed by atoms with Gasteiger partial charge < -0.3 is 10.4 Å². The van der Waals surface area contributed by atoms with E-state index in [4.69, 9.17) is 5.11 Å². The van der Waals surface area contributed by atoms with Gasteiger partial charge in [0.1, 0.15) is 9.84 Å². The van der Waals surface area contributed by atoms with Crippen LogP contribution >= 0.6 is 0 Å². The van der Waals surface area contributed by atoms with Gasteiger partial charge in [0, 0.05) is 12.1 Å². The molecular weight excluding hydrogens is 230 g/mol. The van der Waals surface area contributed by atoms with Crippen molar-refractivity contribution < 1.29 is 18.3 Å². The number of carboxylic acid groups (broad SMARTS) is 1. The van der Waals surface area contributed by atoms with Crippen LogP contribution in [0.25, 0.3) is 0 Å². The predicted molar refractivity (Wildman–Crippen MR) is 59.0 cm³/mol. The molecule has 2 unspecified atom stereocenters. The number of hydrogen-bond donors (Lipinski definition) is 2. The van der Waals surface area contributed by atoms with Crippen molar-refractivity contribution in [3.8, 4) is 0 Å². The van der Waals surface area contributed by atoms with E-state index in [1.54, 1.807) is 0 Å². The van der Waals surface area contributed by atoms with Gasteiger partial charge in [-0.2, -0.15) is 0 Å². The van der Waals surface area contributed by atoms with E-state index >= 15 is 0 Å². The molecular formula is C10H17NO4S. The minimum absolute atomic E-state index is 0.0447. The van der Waals surface area contributed by atoms with Crippen LogP contribution in [0.1, 0.15) is 25.7 Å². The third-order valence-corrected chi connectivity index (χ3v) is 5.31. The molecule has 1 aliphatic heterocycles. The first-order valence-electron chi connectivity index (χ1n) is 5.67.